The first-order valence-electron chi connectivity index (χ1n) is 7.94. The van der Waals surface area contributed by atoms with E-state index in [1.54, 1.807) is 18.5 Å². The third-order valence-electron chi connectivity index (χ3n) is 3.55. The second kappa shape index (κ2) is 8.07. The van der Waals surface area contributed by atoms with E-state index in [0.29, 0.717) is 23.1 Å². The quantitative estimate of drug-likeness (QED) is 0.608. The van der Waals surface area contributed by atoms with Crippen LogP contribution in [0.3, 0.4) is 0 Å². The highest BCUT2D eigenvalue weighted by atomic mass is 35.5. The van der Waals surface area contributed by atoms with Gasteiger partial charge in [-0.25, -0.2) is 9.37 Å². The van der Waals surface area contributed by atoms with Crippen molar-refractivity contribution >= 4 is 29.1 Å². The molecule has 26 heavy (non-hydrogen) atoms. The molecule has 134 valence electrons. The fourth-order valence-electron chi connectivity index (χ4n) is 2.24. The lowest BCUT2D eigenvalue weighted by Crippen LogP contribution is -2.21. The molecule has 3 aromatic rings. The number of aromatic nitrogens is 3. The zero-order chi connectivity index (χ0) is 18.5. The minimum Gasteiger partial charge on any atom is -0.394 e. The maximum atomic E-state index is 13.2. The Hall–Kier alpha value is -2.77. The summed E-state index contributed by atoms with van der Waals surface area (Å²) in [6.45, 7) is 1.75. The van der Waals surface area contributed by atoms with Gasteiger partial charge in [-0.15, -0.1) is 0 Å². The maximum absolute atomic E-state index is 13.2. The standard InChI is InChI=1S/C18H17ClFN5O/c1-11(10-26)22-18-24-16(12-4-6-21-7-5-12)9-17(25-18)23-15-3-2-13(20)8-14(15)19/h2-9,11,26H,10H2,1H3,(H2,22,23,24,25)/t11-/m0/s1. The second-order valence-corrected chi connectivity index (χ2v) is 6.08. The van der Waals surface area contributed by atoms with Crippen molar-refractivity contribution in [1.82, 2.24) is 15.0 Å². The zero-order valence-corrected chi connectivity index (χ0v) is 14.7. The summed E-state index contributed by atoms with van der Waals surface area (Å²) in [4.78, 5) is 12.9. The molecule has 0 unspecified atom stereocenters. The Bertz CT molecular complexity index is 894. The summed E-state index contributed by atoms with van der Waals surface area (Å²) in [5, 5.41) is 15.6. The summed E-state index contributed by atoms with van der Waals surface area (Å²) < 4.78 is 13.2. The van der Waals surface area contributed by atoms with Gasteiger partial charge >= 0.3 is 0 Å². The Morgan fingerprint density at radius 3 is 2.62 bits per heavy atom. The van der Waals surface area contributed by atoms with Gasteiger partial charge in [0.15, 0.2) is 0 Å². The molecule has 0 saturated heterocycles. The van der Waals surface area contributed by atoms with Gasteiger partial charge in [-0.05, 0) is 37.3 Å². The highest BCUT2D eigenvalue weighted by Gasteiger charge is 2.11. The van der Waals surface area contributed by atoms with E-state index < -0.39 is 5.82 Å². The van der Waals surface area contributed by atoms with Crippen molar-refractivity contribution in [2.24, 2.45) is 0 Å². The molecule has 8 heteroatoms. The lowest BCUT2D eigenvalue weighted by Gasteiger charge is -2.14. The number of aliphatic hydroxyl groups is 1. The molecule has 0 saturated carbocycles. The Kier molecular flexibility index (Phi) is 5.60. The van der Waals surface area contributed by atoms with Crippen molar-refractivity contribution < 1.29 is 9.50 Å². The van der Waals surface area contributed by atoms with Crippen LogP contribution in [0.5, 0.6) is 0 Å². The Morgan fingerprint density at radius 1 is 1.15 bits per heavy atom. The fourth-order valence-corrected chi connectivity index (χ4v) is 2.46. The number of pyridine rings is 1. The van der Waals surface area contributed by atoms with Gasteiger partial charge in [0.1, 0.15) is 11.6 Å². The second-order valence-electron chi connectivity index (χ2n) is 5.68. The highest BCUT2D eigenvalue weighted by Crippen LogP contribution is 2.28. The number of hydrogen-bond acceptors (Lipinski definition) is 6. The molecule has 0 aliphatic rings. The minimum atomic E-state index is -0.417. The summed E-state index contributed by atoms with van der Waals surface area (Å²) in [5.74, 6) is 0.411. The topological polar surface area (TPSA) is 83.0 Å². The van der Waals surface area contributed by atoms with Gasteiger partial charge in [0.05, 0.1) is 23.0 Å². The Balaban J connectivity index is 1.98. The number of aliphatic hydroxyl groups excluding tert-OH is 1. The lowest BCUT2D eigenvalue weighted by atomic mass is 10.2. The van der Waals surface area contributed by atoms with Crippen molar-refractivity contribution in [2.75, 3.05) is 17.2 Å². The average molecular weight is 374 g/mol. The molecule has 0 aliphatic carbocycles. The van der Waals surface area contributed by atoms with E-state index >= 15 is 0 Å². The molecule has 1 aromatic carbocycles. The van der Waals surface area contributed by atoms with Crippen LogP contribution in [0.2, 0.25) is 5.02 Å². The molecule has 2 aromatic heterocycles. The van der Waals surface area contributed by atoms with E-state index in [4.69, 9.17) is 11.6 Å². The molecular formula is C18H17ClFN5O. The van der Waals surface area contributed by atoms with Crippen LogP contribution in [0.4, 0.5) is 21.8 Å². The number of nitrogens with zero attached hydrogens (tertiary/aromatic N) is 3. The maximum Gasteiger partial charge on any atom is 0.225 e. The average Bonchev–Trinajstić information content (AvgIpc) is 2.64. The van der Waals surface area contributed by atoms with Gasteiger partial charge in [-0.3, -0.25) is 4.98 Å². The first kappa shape index (κ1) is 18.0. The van der Waals surface area contributed by atoms with Crippen molar-refractivity contribution in [1.29, 1.82) is 0 Å². The van der Waals surface area contributed by atoms with Gasteiger partial charge in [-0.1, -0.05) is 11.6 Å². The van der Waals surface area contributed by atoms with Crippen LogP contribution in [0, 0.1) is 5.82 Å². The van der Waals surface area contributed by atoms with E-state index in [0.717, 1.165) is 5.56 Å². The number of nitrogens with one attached hydrogen (secondary N) is 2. The monoisotopic (exact) mass is 373 g/mol. The van der Waals surface area contributed by atoms with E-state index in [9.17, 15) is 9.50 Å². The largest absolute Gasteiger partial charge is 0.394 e. The molecular weight excluding hydrogens is 357 g/mol. The van der Waals surface area contributed by atoms with Crippen molar-refractivity contribution in [3.8, 4) is 11.3 Å². The van der Waals surface area contributed by atoms with Crippen LogP contribution < -0.4 is 10.6 Å². The summed E-state index contributed by atoms with van der Waals surface area (Å²) in [5.41, 5.74) is 2.04. The molecule has 0 aliphatic heterocycles. The first-order chi connectivity index (χ1) is 12.5. The van der Waals surface area contributed by atoms with E-state index in [2.05, 4.69) is 25.6 Å². The summed E-state index contributed by atoms with van der Waals surface area (Å²) in [6.07, 6.45) is 3.34. The predicted molar refractivity (Wildman–Crippen MR) is 100 cm³/mol. The van der Waals surface area contributed by atoms with Crippen LogP contribution >= 0.6 is 11.6 Å². The molecule has 3 rings (SSSR count). The van der Waals surface area contributed by atoms with Gasteiger partial charge in [0.25, 0.3) is 0 Å². The van der Waals surface area contributed by atoms with E-state index in [-0.39, 0.29) is 17.7 Å². The first-order valence-corrected chi connectivity index (χ1v) is 8.32. The van der Waals surface area contributed by atoms with Crippen LogP contribution in [-0.2, 0) is 0 Å². The van der Waals surface area contributed by atoms with E-state index in [1.165, 1.54) is 18.2 Å². The van der Waals surface area contributed by atoms with Gasteiger partial charge in [0.2, 0.25) is 5.95 Å². The molecule has 0 bridgehead atoms. The summed E-state index contributed by atoms with van der Waals surface area (Å²) in [6, 6.07) is 9.27. The molecule has 0 amide bonds. The molecule has 0 fully saturated rings. The van der Waals surface area contributed by atoms with Crippen LogP contribution in [0.15, 0.2) is 48.8 Å². The predicted octanol–water partition coefficient (Wildman–Crippen LogP) is 3.87. The van der Waals surface area contributed by atoms with E-state index in [1.807, 2.05) is 19.1 Å². The molecule has 2 heterocycles. The fraction of sp³-hybridized carbons (Fsp3) is 0.167. The number of rotatable bonds is 6. The number of halogens is 2. The molecule has 0 radical (unpaired) electrons. The third-order valence-corrected chi connectivity index (χ3v) is 3.86. The SMILES string of the molecule is C[C@@H](CO)Nc1nc(Nc2ccc(F)cc2Cl)cc(-c2ccncc2)n1. The van der Waals surface area contributed by atoms with Gasteiger partial charge < -0.3 is 15.7 Å². The lowest BCUT2D eigenvalue weighted by molar-refractivity contribution is 0.281. The zero-order valence-electron chi connectivity index (χ0n) is 13.9. The smallest absolute Gasteiger partial charge is 0.225 e. The summed E-state index contributed by atoms with van der Waals surface area (Å²) >= 11 is 6.08. The van der Waals surface area contributed by atoms with Gasteiger partial charge in [0, 0.05) is 30.1 Å². The highest BCUT2D eigenvalue weighted by molar-refractivity contribution is 6.33. The number of hydrogen-bond donors (Lipinski definition) is 3. The molecule has 6 nitrogen and oxygen atoms in total. The number of anilines is 3. The number of benzene rings is 1. The third kappa shape index (κ3) is 4.44. The summed E-state index contributed by atoms with van der Waals surface area (Å²) in [7, 11) is 0. The molecule has 1 atom stereocenters. The van der Waals surface area contributed by atoms with Crippen molar-refractivity contribution in [3.05, 3.63) is 59.6 Å². The van der Waals surface area contributed by atoms with Gasteiger partial charge in [-0.2, -0.15) is 4.98 Å². The van der Waals surface area contributed by atoms with Crippen molar-refractivity contribution in [2.45, 2.75) is 13.0 Å². The Morgan fingerprint density at radius 2 is 1.92 bits per heavy atom. The van der Waals surface area contributed by atoms with Crippen LogP contribution in [0.25, 0.3) is 11.3 Å². The normalized spacial score (nSPS) is 11.8. The van der Waals surface area contributed by atoms with Crippen LogP contribution in [-0.4, -0.2) is 32.7 Å². The Labute approximate surface area is 155 Å². The van der Waals surface area contributed by atoms with Crippen molar-refractivity contribution in [3.63, 3.8) is 0 Å². The molecule has 3 N–H and O–H groups in total. The molecule has 0 spiro atoms. The minimum absolute atomic E-state index is 0.0601. The van der Waals surface area contributed by atoms with Crippen LogP contribution in [0.1, 0.15) is 6.92 Å².